The van der Waals surface area contributed by atoms with Crippen LogP contribution in [0.25, 0.3) is 0 Å². The maximum Gasteiger partial charge on any atom is 0.0897 e. The zero-order valence-electron chi connectivity index (χ0n) is 10.9. The van der Waals surface area contributed by atoms with Gasteiger partial charge in [0.05, 0.1) is 10.7 Å². The van der Waals surface area contributed by atoms with Crippen LogP contribution in [0.5, 0.6) is 0 Å². The molecule has 1 heterocycles. The molecule has 16 heavy (non-hydrogen) atoms. The van der Waals surface area contributed by atoms with E-state index in [4.69, 9.17) is 0 Å². The smallest absolute Gasteiger partial charge is 0.0897 e. The van der Waals surface area contributed by atoms with E-state index in [2.05, 4.69) is 43.4 Å². The standard InChI is InChI=1S/C13H24N2S/c1-5-12(8-14-7-10(2)3)6-13-9-16-11(4)15-13/h9-10,12,14H,5-8H2,1-4H3. The van der Waals surface area contributed by atoms with Crippen LogP contribution >= 0.6 is 11.3 Å². The second-order valence-electron chi connectivity index (χ2n) is 4.89. The number of aryl methyl sites for hydroxylation is 1. The van der Waals surface area contributed by atoms with E-state index in [9.17, 15) is 0 Å². The molecule has 92 valence electrons. The predicted molar refractivity (Wildman–Crippen MR) is 72.0 cm³/mol. The highest BCUT2D eigenvalue weighted by atomic mass is 32.1. The topological polar surface area (TPSA) is 24.9 Å². The van der Waals surface area contributed by atoms with Gasteiger partial charge in [0.1, 0.15) is 0 Å². The lowest BCUT2D eigenvalue weighted by Crippen LogP contribution is -2.27. The van der Waals surface area contributed by atoms with E-state index in [0.717, 1.165) is 31.3 Å². The molecule has 2 nitrogen and oxygen atoms in total. The third-order valence-electron chi connectivity index (χ3n) is 2.73. The zero-order chi connectivity index (χ0) is 12.0. The average molecular weight is 240 g/mol. The first-order valence-corrected chi connectivity index (χ1v) is 7.11. The molecule has 3 heteroatoms. The molecule has 0 aromatic carbocycles. The molecule has 0 aliphatic heterocycles. The van der Waals surface area contributed by atoms with E-state index in [1.807, 2.05) is 0 Å². The van der Waals surface area contributed by atoms with Crippen molar-refractivity contribution in [2.45, 2.75) is 40.5 Å². The zero-order valence-corrected chi connectivity index (χ0v) is 11.7. The van der Waals surface area contributed by atoms with E-state index >= 15 is 0 Å². The summed E-state index contributed by atoms with van der Waals surface area (Å²) in [5, 5.41) is 6.91. The fraction of sp³-hybridized carbons (Fsp3) is 0.769. The molecule has 1 rings (SSSR count). The Morgan fingerprint density at radius 3 is 2.62 bits per heavy atom. The van der Waals surface area contributed by atoms with Crippen molar-refractivity contribution in [3.8, 4) is 0 Å². The molecule has 1 atom stereocenters. The van der Waals surface area contributed by atoms with Crippen LogP contribution in [0.3, 0.4) is 0 Å². The molecule has 0 aliphatic carbocycles. The Morgan fingerprint density at radius 1 is 1.38 bits per heavy atom. The van der Waals surface area contributed by atoms with E-state index in [0.29, 0.717) is 0 Å². The maximum atomic E-state index is 4.53. The van der Waals surface area contributed by atoms with Crippen molar-refractivity contribution >= 4 is 11.3 Å². The summed E-state index contributed by atoms with van der Waals surface area (Å²) in [6.45, 7) is 11.1. The van der Waals surface area contributed by atoms with Crippen LogP contribution in [0.1, 0.15) is 37.9 Å². The van der Waals surface area contributed by atoms with Gasteiger partial charge in [0.25, 0.3) is 0 Å². The van der Waals surface area contributed by atoms with Crippen LogP contribution in [0.2, 0.25) is 0 Å². The Labute approximate surface area is 103 Å². The van der Waals surface area contributed by atoms with Gasteiger partial charge in [-0.25, -0.2) is 4.98 Å². The minimum atomic E-state index is 0.722. The Kier molecular flexibility index (Phi) is 5.99. The van der Waals surface area contributed by atoms with E-state index in [-0.39, 0.29) is 0 Å². The number of nitrogens with zero attached hydrogens (tertiary/aromatic N) is 1. The summed E-state index contributed by atoms with van der Waals surface area (Å²) in [7, 11) is 0. The summed E-state index contributed by atoms with van der Waals surface area (Å²) >= 11 is 1.75. The summed E-state index contributed by atoms with van der Waals surface area (Å²) in [5.74, 6) is 1.46. The van der Waals surface area contributed by atoms with Gasteiger partial charge in [0.15, 0.2) is 0 Å². The fourth-order valence-corrected chi connectivity index (χ4v) is 2.36. The fourth-order valence-electron chi connectivity index (χ4n) is 1.73. The van der Waals surface area contributed by atoms with Gasteiger partial charge in [-0.15, -0.1) is 11.3 Å². The van der Waals surface area contributed by atoms with Crippen molar-refractivity contribution in [2.75, 3.05) is 13.1 Å². The molecule has 0 saturated heterocycles. The number of hydrogen-bond acceptors (Lipinski definition) is 3. The molecular weight excluding hydrogens is 216 g/mol. The monoisotopic (exact) mass is 240 g/mol. The minimum absolute atomic E-state index is 0.722. The Balaban J connectivity index is 2.31. The van der Waals surface area contributed by atoms with Crippen LogP contribution in [-0.4, -0.2) is 18.1 Å². The normalized spacial score (nSPS) is 13.3. The van der Waals surface area contributed by atoms with Crippen molar-refractivity contribution in [3.63, 3.8) is 0 Å². The lowest BCUT2D eigenvalue weighted by atomic mass is 10.0. The largest absolute Gasteiger partial charge is 0.316 e. The Hall–Kier alpha value is -0.410. The van der Waals surface area contributed by atoms with Crippen molar-refractivity contribution in [3.05, 3.63) is 16.1 Å². The van der Waals surface area contributed by atoms with E-state index in [1.54, 1.807) is 11.3 Å². The lowest BCUT2D eigenvalue weighted by Gasteiger charge is -2.15. The van der Waals surface area contributed by atoms with Gasteiger partial charge in [-0.05, 0) is 38.3 Å². The van der Waals surface area contributed by atoms with Crippen molar-refractivity contribution in [1.29, 1.82) is 0 Å². The van der Waals surface area contributed by atoms with Gasteiger partial charge in [-0.3, -0.25) is 0 Å². The minimum Gasteiger partial charge on any atom is -0.316 e. The van der Waals surface area contributed by atoms with E-state index in [1.165, 1.54) is 17.1 Å². The number of hydrogen-bond donors (Lipinski definition) is 1. The molecule has 0 spiro atoms. The molecule has 0 saturated carbocycles. The maximum absolute atomic E-state index is 4.53. The highest BCUT2D eigenvalue weighted by molar-refractivity contribution is 7.09. The average Bonchev–Trinajstić information content (AvgIpc) is 2.62. The molecule has 0 aliphatic rings. The number of thiazole rings is 1. The predicted octanol–water partition coefficient (Wildman–Crippen LogP) is 3.27. The Morgan fingerprint density at radius 2 is 2.12 bits per heavy atom. The van der Waals surface area contributed by atoms with E-state index < -0.39 is 0 Å². The van der Waals surface area contributed by atoms with Crippen molar-refractivity contribution in [1.82, 2.24) is 10.3 Å². The molecule has 0 radical (unpaired) electrons. The third kappa shape index (κ3) is 5.08. The second kappa shape index (κ2) is 7.02. The van der Waals surface area contributed by atoms with Gasteiger partial charge in [0, 0.05) is 5.38 Å². The first-order chi connectivity index (χ1) is 7.61. The summed E-state index contributed by atoms with van der Waals surface area (Å²) in [6.07, 6.45) is 2.34. The van der Waals surface area contributed by atoms with Crippen LogP contribution in [0.15, 0.2) is 5.38 Å². The molecule has 0 amide bonds. The molecule has 0 bridgehead atoms. The Bertz CT molecular complexity index is 294. The summed E-state index contributed by atoms with van der Waals surface area (Å²) < 4.78 is 0. The number of aromatic nitrogens is 1. The SMILES string of the molecule is CCC(CNCC(C)C)Cc1csc(C)n1. The highest BCUT2D eigenvalue weighted by Crippen LogP contribution is 2.14. The third-order valence-corrected chi connectivity index (χ3v) is 3.55. The number of rotatable bonds is 7. The summed E-state index contributed by atoms with van der Waals surface area (Å²) in [5.41, 5.74) is 1.26. The summed E-state index contributed by atoms with van der Waals surface area (Å²) in [6, 6.07) is 0. The van der Waals surface area contributed by atoms with Crippen LogP contribution < -0.4 is 5.32 Å². The first-order valence-electron chi connectivity index (χ1n) is 6.23. The van der Waals surface area contributed by atoms with Gasteiger partial charge in [-0.2, -0.15) is 0 Å². The molecule has 1 aromatic rings. The van der Waals surface area contributed by atoms with Gasteiger partial charge in [0.2, 0.25) is 0 Å². The lowest BCUT2D eigenvalue weighted by molar-refractivity contribution is 0.435. The van der Waals surface area contributed by atoms with Crippen LogP contribution in [-0.2, 0) is 6.42 Å². The molecule has 1 aromatic heterocycles. The van der Waals surface area contributed by atoms with Gasteiger partial charge >= 0.3 is 0 Å². The molecule has 1 unspecified atom stereocenters. The first kappa shape index (κ1) is 13.7. The second-order valence-corrected chi connectivity index (χ2v) is 5.95. The quantitative estimate of drug-likeness (QED) is 0.791. The molecule has 1 N–H and O–H groups in total. The highest BCUT2D eigenvalue weighted by Gasteiger charge is 2.09. The molecule has 0 fully saturated rings. The van der Waals surface area contributed by atoms with Crippen molar-refractivity contribution < 1.29 is 0 Å². The van der Waals surface area contributed by atoms with Gasteiger partial charge < -0.3 is 5.32 Å². The van der Waals surface area contributed by atoms with Crippen molar-refractivity contribution in [2.24, 2.45) is 11.8 Å². The van der Waals surface area contributed by atoms with Gasteiger partial charge in [-0.1, -0.05) is 27.2 Å². The van der Waals surface area contributed by atoms with Crippen LogP contribution in [0.4, 0.5) is 0 Å². The molecular formula is C13H24N2S. The van der Waals surface area contributed by atoms with Crippen LogP contribution in [0, 0.1) is 18.8 Å². The summed E-state index contributed by atoms with van der Waals surface area (Å²) in [4.78, 5) is 4.53. The number of nitrogens with one attached hydrogen (secondary N) is 1.